The number of benzene rings is 1. The second kappa shape index (κ2) is 7.17. The quantitative estimate of drug-likeness (QED) is 0.828. The molecule has 2 fully saturated rings. The highest BCUT2D eigenvalue weighted by Crippen LogP contribution is 2.36. The number of nitrogens with zero attached hydrogens (tertiary/aromatic N) is 2. The molecular weight excluding hydrogens is 332 g/mol. The summed E-state index contributed by atoms with van der Waals surface area (Å²) in [5, 5.41) is 0. The zero-order chi connectivity index (χ0) is 18.1. The Bertz CT molecular complexity index is 699. The Balaban J connectivity index is 1.40. The van der Waals surface area contributed by atoms with Crippen molar-refractivity contribution in [2.45, 2.75) is 38.1 Å². The molecule has 4 rings (SSSR count). The minimum absolute atomic E-state index is 0.0258. The van der Waals surface area contributed by atoms with Gasteiger partial charge in [-0.25, -0.2) is 0 Å². The first-order valence-electron chi connectivity index (χ1n) is 9.54. The van der Waals surface area contributed by atoms with Crippen molar-refractivity contribution < 1.29 is 19.1 Å². The van der Waals surface area contributed by atoms with Crippen molar-refractivity contribution in [3.8, 4) is 11.5 Å². The number of para-hydroxylation sites is 1. The summed E-state index contributed by atoms with van der Waals surface area (Å²) in [5.74, 6) is 1.32. The standard InChI is InChI=1S/C20H26N2O4/c1-25-17-8-4-5-14-11-15(13-26-19(14)17)20(24)21-9-10-22(18(23)12-21)16-6-2-3-7-16/h4-5,8,15-16H,2-3,6-7,9-13H2,1H3. The van der Waals surface area contributed by atoms with Crippen LogP contribution in [0.15, 0.2) is 18.2 Å². The average Bonchev–Trinajstić information content (AvgIpc) is 3.20. The molecule has 3 aliphatic rings. The van der Waals surface area contributed by atoms with Crippen LogP contribution >= 0.6 is 0 Å². The fourth-order valence-electron chi connectivity index (χ4n) is 4.45. The summed E-state index contributed by atoms with van der Waals surface area (Å²) in [5.41, 5.74) is 0.991. The summed E-state index contributed by atoms with van der Waals surface area (Å²) in [6.07, 6.45) is 5.25. The second-order valence-corrected chi connectivity index (χ2v) is 7.45. The first-order valence-corrected chi connectivity index (χ1v) is 9.54. The van der Waals surface area contributed by atoms with E-state index < -0.39 is 0 Å². The Hall–Kier alpha value is -2.24. The third kappa shape index (κ3) is 3.13. The Morgan fingerprint density at radius 3 is 2.77 bits per heavy atom. The van der Waals surface area contributed by atoms with Gasteiger partial charge in [-0.05, 0) is 30.9 Å². The molecule has 0 aromatic heterocycles. The van der Waals surface area contributed by atoms with Gasteiger partial charge in [-0.15, -0.1) is 0 Å². The number of amides is 2. The van der Waals surface area contributed by atoms with Crippen molar-refractivity contribution in [1.29, 1.82) is 0 Å². The maximum atomic E-state index is 12.9. The molecule has 0 N–H and O–H groups in total. The minimum Gasteiger partial charge on any atom is -0.493 e. The fourth-order valence-corrected chi connectivity index (χ4v) is 4.45. The van der Waals surface area contributed by atoms with Crippen LogP contribution in [0.4, 0.5) is 0 Å². The summed E-state index contributed by atoms with van der Waals surface area (Å²) >= 11 is 0. The summed E-state index contributed by atoms with van der Waals surface area (Å²) in [4.78, 5) is 29.2. The van der Waals surface area contributed by atoms with E-state index in [2.05, 4.69) is 0 Å². The molecule has 1 saturated heterocycles. The van der Waals surface area contributed by atoms with Gasteiger partial charge in [0.1, 0.15) is 6.61 Å². The zero-order valence-corrected chi connectivity index (χ0v) is 15.3. The Morgan fingerprint density at radius 1 is 1.23 bits per heavy atom. The zero-order valence-electron chi connectivity index (χ0n) is 15.3. The van der Waals surface area contributed by atoms with Gasteiger partial charge in [0.15, 0.2) is 11.5 Å². The molecule has 140 valence electrons. The molecule has 2 aliphatic heterocycles. The smallest absolute Gasteiger partial charge is 0.242 e. The molecule has 1 saturated carbocycles. The lowest BCUT2D eigenvalue weighted by molar-refractivity contribution is -0.150. The van der Waals surface area contributed by atoms with E-state index in [1.807, 2.05) is 23.1 Å². The molecule has 0 radical (unpaired) electrons. The van der Waals surface area contributed by atoms with Gasteiger partial charge in [0.25, 0.3) is 0 Å². The average molecular weight is 358 g/mol. The largest absolute Gasteiger partial charge is 0.493 e. The fraction of sp³-hybridized carbons (Fsp3) is 0.600. The predicted octanol–water partition coefficient (Wildman–Crippen LogP) is 1.86. The third-order valence-corrected chi connectivity index (χ3v) is 5.86. The molecule has 6 heteroatoms. The molecule has 1 atom stereocenters. The van der Waals surface area contributed by atoms with Crippen LogP contribution in [-0.2, 0) is 16.0 Å². The van der Waals surface area contributed by atoms with E-state index in [0.717, 1.165) is 24.2 Å². The summed E-state index contributed by atoms with van der Waals surface area (Å²) in [6.45, 7) is 1.83. The van der Waals surface area contributed by atoms with E-state index in [9.17, 15) is 9.59 Å². The topological polar surface area (TPSA) is 59.1 Å². The number of rotatable bonds is 3. The van der Waals surface area contributed by atoms with Crippen LogP contribution in [0.1, 0.15) is 31.2 Å². The van der Waals surface area contributed by atoms with Crippen molar-refractivity contribution in [2.24, 2.45) is 5.92 Å². The van der Waals surface area contributed by atoms with Crippen molar-refractivity contribution in [2.75, 3.05) is 33.4 Å². The number of hydrogen-bond donors (Lipinski definition) is 0. The number of carbonyl (C=O) groups is 2. The molecule has 1 aromatic rings. The van der Waals surface area contributed by atoms with E-state index >= 15 is 0 Å². The number of methoxy groups -OCH3 is 1. The van der Waals surface area contributed by atoms with Crippen molar-refractivity contribution in [3.05, 3.63) is 23.8 Å². The van der Waals surface area contributed by atoms with Crippen molar-refractivity contribution in [1.82, 2.24) is 9.80 Å². The Kier molecular flexibility index (Phi) is 4.74. The van der Waals surface area contributed by atoms with Crippen LogP contribution in [0.2, 0.25) is 0 Å². The number of ether oxygens (including phenoxy) is 2. The van der Waals surface area contributed by atoms with Crippen LogP contribution in [-0.4, -0.2) is 61.0 Å². The lowest BCUT2D eigenvalue weighted by atomic mass is 9.95. The first kappa shape index (κ1) is 17.2. The van der Waals surface area contributed by atoms with Gasteiger partial charge >= 0.3 is 0 Å². The van der Waals surface area contributed by atoms with E-state index in [-0.39, 0.29) is 24.3 Å². The van der Waals surface area contributed by atoms with Gasteiger partial charge in [0.05, 0.1) is 19.6 Å². The molecule has 1 aromatic carbocycles. The van der Waals surface area contributed by atoms with Crippen LogP contribution in [0.25, 0.3) is 0 Å². The monoisotopic (exact) mass is 358 g/mol. The molecule has 0 bridgehead atoms. The molecule has 2 heterocycles. The van der Waals surface area contributed by atoms with Gasteiger partial charge in [-0.2, -0.15) is 0 Å². The number of carbonyl (C=O) groups excluding carboxylic acids is 2. The molecule has 1 unspecified atom stereocenters. The van der Waals surface area contributed by atoms with Crippen LogP contribution < -0.4 is 9.47 Å². The number of piperazine rings is 1. The van der Waals surface area contributed by atoms with Crippen molar-refractivity contribution in [3.63, 3.8) is 0 Å². The van der Waals surface area contributed by atoms with Gasteiger partial charge in [-0.3, -0.25) is 9.59 Å². The van der Waals surface area contributed by atoms with E-state index in [1.165, 1.54) is 12.8 Å². The second-order valence-electron chi connectivity index (χ2n) is 7.45. The first-order chi connectivity index (χ1) is 12.7. The van der Waals surface area contributed by atoms with Gasteiger partial charge in [0, 0.05) is 19.1 Å². The third-order valence-electron chi connectivity index (χ3n) is 5.86. The lowest BCUT2D eigenvalue weighted by Crippen LogP contribution is -2.56. The molecular formula is C20H26N2O4. The molecule has 6 nitrogen and oxygen atoms in total. The van der Waals surface area contributed by atoms with E-state index in [1.54, 1.807) is 12.0 Å². The molecule has 1 aliphatic carbocycles. The maximum Gasteiger partial charge on any atom is 0.242 e. The van der Waals surface area contributed by atoms with Crippen LogP contribution in [0, 0.1) is 5.92 Å². The summed E-state index contributed by atoms with van der Waals surface area (Å²) in [6, 6.07) is 6.14. The lowest BCUT2D eigenvalue weighted by Gasteiger charge is -2.39. The summed E-state index contributed by atoms with van der Waals surface area (Å²) < 4.78 is 11.2. The van der Waals surface area contributed by atoms with Gasteiger partial charge in [-0.1, -0.05) is 25.0 Å². The normalized spacial score (nSPS) is 23.6. The molecule has 26 heavy (non-hydrogen) atoms. The predicted molar refractivity (Wildman–Crippen MR) is 96.2 cm³/mol. The van der Waals surface area contributed by atoms with E-state index in [0.29, 0.717) is 37.9 Å². The van der Waals surface area contributed by atoms with E-state index in [4.69, 9.17) is 9.47 Å². The number of fused-ring (bicyclic) bond motifs is 1. The highest BCUT2D eigenvalue weighted by atomic mass is 16.5. The van der Waals surface area contributed by atoms with Crippen molar-refractivity contribution >= 4 is 11.8 Å². The molecule has 2 amide bonds. The highest BCUT2D eigenvalue weighted by molar-refractivity contribution is 5.87. The van der Waals surface area contributed by atoms with Gasteiger partial charge < -0.3 is 19.3 Å². The Morgan fingerprint density at radius 2 is 2.04 bits per heavy atom. The highest BCUT2D eigenvalue weighted by Gasteiger charge is 2.36. The minimum atomic E-state index is -0.236. The maximum absolute atomic E-state index is 12.9. The molecule has 0 spiro atoms. The van der Waals surface area contributed by atoms with Crippen LogP contribution in [0.5, 0.6) is 11.5 Å². The number of hydrogen-bond acceptors (Lipinski definition) is 4. The Labute approximate surface area is 154 Å². The van der Waals surface area contributed by atoms with Gasteiger partial charge in [0.2, 0.25) is 11.8 Å². The SMILES string of the molecule is COc1cccc2c1OCC(C(=O)N1CCN(C3CCCC3)C(=O)C1)C2. The summed E-state index contributed by atoms with van der Waals surface area (Å²) in [7, 11) is 1.62. The van der Waals surface area contributed by atoms with Crippen LogP contribution in [0.3, 0.4) is 0 Å².